The van der Waals surface area contributed by atoms with Crippen LogP contribution in [-0.4, -0.2) is 52.1 Å². The van der Waals surface area contributed by atoms with E-state index < -0.39 is 59.6 Å². The summed E-state index contributed by atoms with van der Waals surface area (Å²) in [4.78, 5) is 5.52. The van der Waals surface area contributed by atoms with Gasteiger partial charge in [0.2, 0.25) is 5.95 Å². The van der Waals surface area contributed by atoms with Crippen molar-refractivity contribution >= 4 is 83.2 Å². The van der Waals surface area contributed by atoms with Crippen LogP contribution in [0.5, 0.6) is 5.75 Å². The molecule has 6 N–H and O–H groups in total. The number of benzene rings is 3. The van der Waals surface area contributed by atoms with Gasteiger partial charge >= 0.3 is 6.08 Å². The normalized spacial score (nSPS) is 12.2. The smallest absolute Gasteiger partial charge is 0.313 e. The molecule has 0 unspecified atom stereocenters. The highest BCUT2D eigenvalue weighted by Crippen LogP contribution is 2.42. The maximum atomic E-state index is 13.8. The van der Waals surface area contributed by atoms with Gasteiger partial charge in [-0.2, -0.15) is 35.6 Å². The number of hydrogen-bond acceptors (Lipinski definition) is 15. The molecule has 22 heteroatoms. The Hall–Kier alpha value is -3.80. The number of hydrogen-bond donors (Lipinski definition) is 6. The number of nitrogens with one attached hydrogen (secondary N) is 2. The molecule has 1 heterocycles. The Labute approximate surface area is 248 Å². The van der Waals surface area contributed by atoms with Crippen LogP contribution in [0.2, 0.25) is 5.02 Å². The average Bonchev–Trinajstić information content (AvgIpc) is 2.91. The highest BCUT2D eigenvalue weighted by molar-refractivity contribution is 7.94. The zero-order chi connectivity index (χ0) is 31.5. The average molecular weight is 681 g/mol. The molecule has 0 saturated carbocycles. The summed E-state index contributed by atoms with van der Waals surface area (Å²) in [5.41, 5.74) is -0.924. The third-order valence-electron chi connectivity index (χ3n) is 5.21. The number of nitrogens with zero attached hydrogens (tertiary/aromatic N) is 4. The van der Waals surface area contributed by atoms with Crippen LogP contribution in [-0.2, 0) is 29.6 Å². The summed E-state index contributed by atoms with van der Waals surface area (Å²) in [5.74, 6) is -3.26. The van der Waals surface area contributed by atoms with Crippen LogP contribution >= 0.6 is 23.6 Å². The number of fused-ring (bicyclic) bond motifs is 1. The summed E-state index contributed by atoms with van der Waals surface area (Å²) in [6.45, 7) is 0. The Morgan fingerprint density at radius 1 is 1.00 bits per heavy atom. The van der Waals surface area contributed by atoms with Gasteiger partial charge in [0.25, 0.3) is 20.2 Å². The van der Waals surface area contributed by atoms with Gasteiger partial charge in [0, 0.05) is 21.4 Å². The molecular weight excluding hydrogens is 666 g/mol. The van der Waals surface area contributed by atoms with Gasteiger partial charge in [0.1, 0.15) is 32.9 Å². The number of anilines is 3. The molecule has 0 aliphatic carbocycles. The third kappa shape index (κ3) is 7.98. The molecule has 16 nitrogen and oxygen atoms in total. The van der Waals surface area contributed by atoms with Gasteiger partial charge < -0.3 is 15.7 Å². The summed E-state index contributed by atoms with van der Waals surface area (Å²) in [5, 5.41) is 34.8. The summed E-state index contributed by atoms with van der Waals surface area (Å²) in [6, 6.07) is 8.12. The van der Waals surface area contributed by atoms with Crippen molar-refractivity contribution in [3.05, 3.63) is 59.5 Å². The quantitative estimate of drug-likeness (QED) is 0.0222. The van der Waals surface area contributed by atoms with Gasteiger partial charge in [-0.1, -0.05) is 16.6 Å². The first-order chi connectivity index (χ1) is 20.2. The highest BCUT2D eigenvalue weighted by atomic mass is 35.5. The van der Waals surface area contributed by atoms with Crippen molar-refractivity contribution in [2.24, 2.45) is 10.2 Å². The summed E-state index contributed by atoms with van der Waals surface area (Å²) < 4.78 is 97.5. The second-order valence-electron chi connectivity index (χ2n) is 8.06. The van der Waals surface area contributed by atoms with E-state index in [9.17, 15) is 39.8 Å². The Balaban J connectivity index is 1.88. The number of azo groups is 1. The molecule has 0 amide bonds. The fourth-order valence-corrected chi connectivity index (χ4v) is 5.01. The maximum absolute atomic E-state index is 13.8. The topological polar surface area (TPSA) is 242 Å². The number of phenols is 1. The van der Waals surface area contributed by atoms with Crippen LogP contribution in [0.3, 0.4) is 0 Å². The zero-order valence-electron chi connectivity index (χ0n) is 20.6. The molecule has 0 aliphatic rings. The molecule has 0 fully saturated rings. The van der Waals surface area contributed by atoms with E-state index in [2.05, 4.69) is 40.2 Å². The third-order valence-corrected chi connectivity index (χ3v) is 7.51. The lowest BCUT2D eigenvalue weighted by Crippen LogP contribution is -2.13. The molecule has 3 aromatic carbocycles. The predicted molar refractivity (Wildman–Crippen MR) is 147 cm³/mol. The van der Waals surface area contributed by atoms with Crippen molar-refractivity contribution in [2.75, 3.05) is 16.5 Å². The van der Waals surface area contributed by atoms with Gasteiger partial charge in [-0.05, 0) is 42.5 Å². The van der Waals surface area contributed by atoms with Gasteiger partial charge in [0.15, 0.2) is 5.82 Å². The Morgan fingerprint density at radius 2 is 1.74 bits per heavy atom. The minimum atomic E-state index is -4.93. The van der Waals surface area contributed by atoms with Crippen LogP contribution < -0.4 is 10.6 Å². The molecule has 0 radical (unpaired) electrons. The van der Waals surface area contributed by atoms with E-state index in [0.29, 0.717) is 12.0 Å². The molecule has 0 aliphatic heterocycles. The molecule has 0 saturated heterocycles. The lowest BCUT2D eigenvalue weighted by Gasteiger charge is -2.13. The fourth-order valence-electron chi connectivity index (χ4n) is 3.50. The van der Waals surface area contributed by atoms with Gasteiger partial charge in [0.05, 0.1) is 17.7 Å². The molecule has 4 aromatic rings. The van der Waals surface area contributed by atoms with Crippen LogP contribution in [0.1, 0.15) is 0 Å². The number of aromatic nitrogens is 2. The predicted octanol–water partition coefficient (Wildman–Crippen LogP) is 5.36. The molecule has 0 spiro atoms. The molecule has 1 aromatic heterocycles. The molecule has 43 heavy (non-hydrogen) atoms. The van der Waals surface area contributed by atoms with E-state index in [1.807, 2.05) is 0 Å². The SMILES string of the molecule is O=S(=O)(O)CNc1ccc2c(O)cc(SOOO)cc2c1N=Nc1cc(Nc2nc(F)nc(F)c2Cl)ccc1S(=O)(=O)O. The maximum Gasteiger partial charge on any atom is 0.313 e. The van der Waals surface area contributed by atoms with E-state index in [4.69, 9.17) is 16.9 Å². The van der Waals surface area contributed by atoms with Crippen LogP contribution in [0.25, 0.3) is 10.8 Å². The Kier molecular flexibility index (Phi) is 9.58. The summed E-state index contributed by atoms with van der Waals surface area (Å²) >= 11 is 6.22. The van der Waals surface area contributed by atoms with Gasteiger partial charge in [-0.3, -0.25) is 9.11 Å². The first-order valence-electron chi connectivity index (χ1n) is 11.0. The first-order valence-corrected chi connectivity index (χ1v) is 15.2. The van der Waals surface area contributed by atoms with Gasteiger partial charge in [-0.25, -0.2) is 5.26 Å². The van der Waals surface area contributed by atoms with E-state index >= 15 is 0 Å². The van der Waals surface area contributed by atoms with E-state index in [0.717, 1.165) is 18.2 Å². The van der Waals surface area contributed by atoms with Crippen molar-refractivity contribution in [1.82, 2.24) is 9.97 Å². The van der Waals surface area contributed by atoms with E-state index in [1.165, 1.54) is 24.3 Å². The summed E-state index contributed by atoms with van der Waals surface area (Å²) in [6.07, 6.45) is -1.46. The minimum absolute atomic E-state index is 0.0644. The molecular formula is C21H15ClF2N6O10S3. The number of halogens is 3. The van der Waals surface area contributed by atoms with Crippen molar-refractivity contribution in [1.29, 1.82) is 0 Å². The zero-order valence-corrected chi connectivity index (χ0v) is 23.8. The van der Waals surface area contributed by atoms with Crippen molar-refractivity contribution in [3.63, 3.8) is 0 Å². The summed E-state index contributed by atoms with van der Waals surface area (Å²) in [7, 11) is -9.49. The van der Waals surface area contributed by atoms with Crippen molar-refractivity contribution in [2.45, 2.75) is 9.79 Å². The second-order valence-corrected chi connectivity index (χ2v) is 12.1. The van der Waals surface area contributed by atoms with Gasteiger partial charge in [-0.15, -0.1) is 14.6 Å². The van der Waals surface area contributed by atoms with Crippen LogP contribution in [0, 0.1) is 12.0 Å². The minimum Gasteiger partial charge on any atom is -0.507 e. The van der Waals surface area contributed by atoms with Crippen LogP contribution in [0.15, 0.2) is 62.5 Å². The molecule has 0 atom stereocenters. The van der Waals surface area contributed by atoms with E-state index in [1.54, 1.807) is 0 Å². The number of phenolic OH excluding ortho intramolecular Hbond substituents is 1. The fraction of sp³-hybridized carbons (Fsp3) is 0.0476. The van der Waals surface area contributed by atoms with Crippen LogP contribution in [0.4, 0.5) is 37.3 Å². The van der Waals surface area contributed by atoms with E-state index in [-0.39, 0.29) is 38.5 Å². The highest BCUT2D eigenvalue weighted by Gasteiger charge is 2.20. The first kappa shape index (κ1) is 32.1. The number of rotatable bonds is 11. The van der Waals surface area contributed by atoms with Crippen molar-refractivity contribution in [3.8, 4) is 5.75 Å². The monoisotopic (exact) mass is 680 g/mol. The Bertz CT molecular complexity index is 1970. The Morgan fingerprint density at radius 3 is 2.42 bits per heavy atom. The number of aromatic hydroxyl groups is 1. The largest absolute Gasteiger partial charge is 0.507 e. The lowest BCUT2D eigenvalue weighted by molar-refractivity contribution is -0.432. The lowest BCUT2D eigenvalue weighted by atomic mass is 10.1. The molecule has 228 valence electrons. The molecule has 4 rings (SSSR count). The van der Waals surface area contributed by atoms with Crippen molar-refractivity contribution < 1.29 is 54.5 Å². The second kappa shape index (κ2) is 12.8. The molecule has 0 bridgehead atoms. The standard InChI is InChI=1S/C21H15ClF2N6O10S3/c22-17-19(23)27-21(24)28-20(17)26-9-1-4-16(43(36,37)38)14(5-9)29-30-18-12-6-10(41-40-39-32)7-15(31)11(12)2-3-13(18)25-8-42(33,34)35/h1-7,25,31-32H,8H2,(H,26,27,28)(H,33,34,35)(H,36,37,38).